The van der Waals surface area contributed by atoms with Crippen molar-refractivity contribution in [3.05, 3.63) is 36.4 Å². The molecule has 0 radical (unpaired) electrons. The Labute approximate surface area is 111 Å². The van der Waals surface area contributed by atoms with Gasteiger partial charge in [-0.15, -0.1) is 6.58 Å². The van der Waals surface area contributed by atoms with Crippen LogP contribution in [0.2, 0.25) is 0 Å². The summed E-state index contributed by atoms with van der Waals surface area (Å²) in [6.45, 7) is 4.41. The first kappa shape index (κ1) is 13.1. The maximum Gasteiger partial charge on any atom is 0.335 e. The Balaban J connectivity index is 2.43. The summed E-state index contributed by atoms with van der Waals surface area (Å²) in [6.07, 6.45) is 2.65. The van der Waals surface area contributed by atoms with Crippen LogP contribution in [0.25, 0.3) is 0 Å². The number of hydrogen-bond donors (Lipinski definition) is 1. The van der Waals surface area contributed by atoms with Gasteiger partial charge in [0.05, 0.1) is 24.3 Å². The lowest BCUT2D eigenvalue weighted by molar-refractivity contribution is -0.118. The molecule has 0 bridgehead atoms. The molecule has 5 nitrogen and oxygen atoms in total. The summed E-state index contributed by atoms with van der Waals surface area (Å²) < 4.78 is 5.48. The maximum absolute atomic E-state index is 12.0. The molecule has 0 unspecified atom stereocenters. The van der Waals surface area contributed by atoms with Crippen molar-refractivity contribution in [3.8, 4) is 5.75 Å². The summed E-state index contributed by atoms with van der Waals surface area (Å²) in [4.78, 5) is 24.6. The summed E-state index contributed by atoms with van der Waals surface area (Å²) in [5.74, 6) is -0.550. The molecule has 2 rings (SSSR count). The number of anilines is 1. The van der Waals surface area contributed by atoms with E-state index in [1.807, 2.05) is 0 Å². The number of rotatable bonds is 4. The Kier molecular flexibility index (Phi) is 3.85. The van der Waals surface area contributed by atoms with E-state index in [0.717, 1.165) is 0 Å². The molecule has 0 fully saturated rings. The van der Waals surface area contributed by atoms with Gasteiger partial charge in [0, 0.05) is 6.54 Å². The molecule has 1 heterocycles. The fourth-order valence-electron chi connectivity index (χ4n) is 1.97. The van der Waals surface area contributed by atoms with E-state index in [1.165, 1.54) is 12.1 Å². The fourth-order valence-corrected chi connectivity index (χ4v) is 1.97. The van der Waals surface area contributed by atoms with Gasteiger partial charge in [-0.1, -0.05) is 6.08 Å². The van der Waals surface area contributed by atoms with Gasteiger partial charge < -0.3 is 14.7 Å². The number of nitrogens with zero attached hydrogens (tertiary/aromatic N) is 1. The number of carbonyl (C=O) groups excluding carboxylic acids is 1. The van der Waals surface area contributed by atoms with E-state index in [-0.39, 0.29) is 17.9 Å². The predicted octanol–water partition coefficient (Wildman–Crippen LogP) is 2.08. The number of ether oxygens (including phenoxy) is 1. The number of amides is 1. The van der Waals surface area contributed by atoms with E-state index < -0.39 is 5.97 Å². The first-order valence-electron chi connectivity index (χ1n) is 6.05. The monoisotopic (exact) mass is 261 g/mol. The zero-order chi connectivity index (χ0) is 13.8. The van der Waals surface area contributed by atoms with E-state index in [9.17, 15) is 9.59 Å². The Morgan fingerprint density at radius 2 is 2.32 bits per heavy atom. The third kappa shape index (κ3) is 2.76. The number of fused-ring (bicyclic) bond motifs is 1. The lowest BCUT2D eigenvalue weighted by Crippen LogP contribution is -2.31. The maximum atomic E-state index is 12.0. The normalized spacial score (nSPS) is 14.3. The van der Waals surface area contributed by atoms with Crippen molar-refractivity contribution in [2.45, 2.75) is 12.8 Å². The standard InChI is InChI=1S/C14H15NO4/c1-2-3-7-15-11-9-10(14(17)18)4-5-12(11)19-8-6-13(15)16/h2,4-5,9H,1,3,6-8H2,(H,17,18). The molecule has 0 aliphatic carbocycles. The van der Waals surface area contributed by atoms with Gasteiger partial charge in [0.1, 0.15) is 5.75 Å². The molecule has 1 aromatic rings. The van der Waals surface area contributed by atoms with Gasteiger partial charge in [0.2, 0.25) is 5.91 Å². The van der Waals surface area contributed by atoms with Crippen LogP contribution in [0.5, 0.6) is 5.75 Å². The van der Waals surface area contributed by atoms with Gasteiger partial charge in [0.15, 0.2) is 0 Å². The molecule has 0 atom stereocenters. The SMILES string of the molecule is C=CCCN1C(=O)CCOc2ccc(C(=O)O)cc21. The van der Waals surface area contributed by atoms with Crippen LogP contribution in [0.1, 0.15) is 23.2 Å². The van der Waals surface area contributed by atoms with Crippen molar-refractivity contribution in [2.24, 2.45) is 0 Å². The molecule has 0 aromatic heterocycles. The summed E-state index contributed by atoms with van der Waals surface area (Å²) in [6, 6.07) is 4.55. The number of carboxylic acid groups (broad SMARTS) is 1. The van der Waals surface area contributed by atoms with Crippen LogP contribution < -0.4 is 9.64 Å². The summed E-state index contributed by atoms with van der Waals surface area (Å²) >= 11 is 0. The zero-order valence-electron chi connectivity index (χ0n) is 10.5. The van der Waals surface area contributed by atoms with Crippen LogP contribution in [0, 0.1) is 0 Å². The Hall–Kier alpha value is -2.30. The van der Waals surface area contributed by atoms with Crippen molar-refractivity contribution in [1.29, 1.82) is 0 Å². The van der Waals surface area contributed by atoms with Gasteiger partial charge in [0.25, 0.3) is 0 Å². The number of carboxylic acids is 1. The molecular formula is C14H15NO4. The van der Waals surface area contributed by atoms with Crippen LogP contribution in [0.4, 0.5) is 5.69 Å². The molecule has 0 spiro atoms. The lowest BCUT2D eigenvalue weighted by Gasteiger charge is -2.21. The van der Waals surface area contributed by atoms with Crippen molar-refractivity contribution in [1.82, 2.24) is 0 Å². The second-order valence-corrected chi connectivity index (χ2v) is 4.21. The molecule has 0 saturated heterocycles. The van der Waals surface area contributed by atoms with E-state index in [4.69, 9.17) is 9.84 Å². The van der Waals surface area contributed by atoms with Gasteiger partial charge in [-0.3, -0.25) is 4.79 Å². The van der Waals surface area contributed by atoms with E-state index in [0.29, 0.717) is 31.0 Å². The second kappa shape index (κ2) is 5.56. The largest absolute Gasteiger partial charge is 0.491 e. The zero-order valence-corrected chi connectivity index (χ0v) is 10.5. The van der Waals surface area contributed by atoms with E-state index >= 15 is 0 Å². The second-order valence-electron chi connectivity index (χ2n) is 4.21. The van der Waals surface area contributed by atoms with Gasteiger partial charge in [-0.05, 0) is 24.6 Å². The van der Waals surface area contributed by atoms with Crippen molar-refractivity contribution in [2.75, 3.05) is 18.1 Å². The first-order chi connectivity index (χ1) is 9.13. The minimum absolute atomic E-state index is 0.0665. The third-order valence-electron chi connectivity index (χ3n) is 2.93. The van der Waals surface area contributed by atoms with Crippen LogP contribution in [0.3, 0.4) is 0 Å². The van der Waals surface area contributed by atoms with E-state index in [1.54, 1.807) is 17.0 Å². The molecule has 1 aromatic carbocycles. The average Bonchev–Trinajstić information content (AvgIpc) is 2.54. The van der Waals surface area contributed by atoms with E-state index in [2.05, 4.69) is 6.58 Å². The molecule has 1 amide bonds. The van der Waals surface area contributed by atoms with Crippen LogP contribution in [-0.4, -0.2) is 30.1 Å². The minimum atomic E-state index is -1.02. The summed E-state index contributed by atoms with van der Waals surface area (Å²) in [5.41, 5.74) is 0.657. The Bertz CT molecular complexity index is 524. The summed E-state index contributed by atoms with van der Waals surface area (Å²) in [7, 11) is 0. The smallest absolute Gasteiger partial charge is 0.335 e. The molecule has 1 aliphatic heterocycles. The first-order valence-corrected chi connectivity index (χ1v) is 6.05. The number of carbonyl (C=O) groups is 2. The average molecular weight is 261 g/mol. The van der Waals surface area contributed by atoms with Crippen LogP contribution in [0.15, 0.2) is 30.9 Å². The molecule has 1 N–H and O–H groups in total. The Morgan fingerprint density at radius 1 is 1.53 bits per heavy atom. The Morgan fingerprint density at radius 3 is 3.00 bits per heavy atom. The van der Waals surface area contributed by atoms with Crippen molar-refractivity contribution < 1.29 is 19.4 Å². The minimum Gasteiger partial charge on any atom is -0.491 e. The van der Waals surface area contributed by atoms with Crippen LogP contribution >= 0.6 is 0 Å². The predicted molar refractivity (Wildman–Crippen MR) is 70.7 cm³/mol. The topological polar surface area (TPSA) is 66.8 Å². The van der Waals surface area contributed by atoms with Crippen LogP contribution in [-0.2, 0) is 4.79 Å². The van der Waals surface area contributed by atoms with Gasteiger partial charge in [-0.2, -0.15) is 0 Å². The number of hydrogen-bond acceptors (Lipinski definition) is 3. The lowest BCUT2D eigenvalue weighted by atomic mass is 10.1. The molecular weight excluding hydrogens is 246 g/mol. The number of benzene rings is 1. The fraction of sp³-hybridized carbons (Fsp3) is 0.286. The van der Waals surface area contributed by atoms with Gasteiger partial charge in [-0.25, -0.2) is 4.79 Å². The number of aromatic carboxylic acids is 1. The molecule has 1 aliphatic rings. The van der Waals surface area contributed by atoms with Crippen molar-refractivity contribution in [3.63, 3.8) is 0 Å². The molecule has 0 saturated carbocycles. The highest BCUT2D eigenvalue weighted by Gasteiger charge is 2.23. The molecule has 19 heavy (non-hydrogen) atoms. The molecule has 100 valence electrons. The quantitative estimate of drug-likeness (QED) is 0.843. The van der Waals surface area contributed by atoms with Gasteiger partial charge >= 0.3 is 5.97 Å². The summed E-state index contributed by atoms with van der Waals surface area (Å²) in [5, 5.41) is 9.02. The highest BCUT2D eigenvalue weighted by molar-refractivity contribution is 5.98. The third-order valence-corrected chi connectivity index (χ3v) is 2.93. The highest BCUT2D eigenvalue weighted by atomic mass is 16.5. The highest BCUT2D eigenvalue weighted by Crippen LogP contribution is 2.32. The van der Waals surface area contributed by atoms with Crippen molar-refractivity contribution >= 4 is 17.6 Å². The molecule has 5 heteroatoms.